The average molecular weight is 400 g/mol. The Morgan fingerprint density at radius 2 is 1.82 bits per heavy atom. The standard InChI is InChI=1S/C20H18ClN3O4/c21-13-3-5-15(6-4-13)28-12-17(25)23-10-7-14(8-11-23)24-19(26)16-2-1-9-22-18(16)20(24)27/h1-6,9,14H,7-8,10-12H2. The molecule has 1 fully saturated rings. The first-order chi connectivity index (χ1) is 13.5. The van der Waals surface area contributed by atoms with Crippen molar-refractivity contribution in [1.82, 2.24) is 14.8 Å². The van der Waals surface area contributed by atoms with Crippen LogP contribution in [0.5, 0.6) is 5.75 Å². The van der Waals surface area contributed by atoms with Gasteiger partial charge >= 0.3 is 0 Å². The van der Waals surface area contributed by atoms with Crippen LogP contribution in [-0.2, 0) is 4.79 Å². The molecule has 8 heteroatoms. The maximum Gasteiger partial charge on any atom is 0.280 e. The number of piperidine rings is 1. The van der Waals surface area contributed by atoms with Crippen LogP contribution >= 0.6 is 11.6 Å². The number of carbonyl (C=O) groups is 3. The SMILES string of the molecule is O=C(COc1ccc(Cl)cc1)N1CCC(N2C(=O)c3cccnc3C2=O)CC1. The highest BCUT2D eigenvalue weighted by Crippen LogP contribution is 2.27. The van der Waals surface area contributed by atoms with Crippen LogP contribution in [0.4, 0.5) is 0 Å². The lowest BCUT2D eigenvalue weighted by molar-refractivity contribution is -0.134. The number of hydrogen-bond donors (Lipinski definition) is 0. The van der Waals surface area contributed by atoms with E-state index in [0.717, 1.165) is 0 Å². The van der Waals surface area contributed by atoms with Crippen molar-refractivity contribution in [3.05, 3.63) is 58.9 Å². The van der Waals surface area contributed by atoms with Gasteiger partial charge in [-0.1, -0.05) is 11.6 Å². The van der Waals surface area contributed by atoms with Crippen molar-refractivity contribution in [3.63, 3.8) is 0 Å². The van der Waals surface area contributed by atoms with E-state index in [1.807, 2.05) is 0 Å². The zero-order chi connectivity index (χ0) is 19.7. The number of hydrogen-bond acceptors (Lipinski definition) is 5. The van der Waals surface area contributed by atoms with E-state index in [4.69, 9.17) is 16.3 Å². The van der Waals surface area contributed by atoms with E-state index in [9.17, 15) is 14.4 Å². The van der Waals surface area contributed by atoms with E-state index in [1.54, 1.807) is 41.3 Å². The zero-order valence-corrected chi connectivity index (χ0v) is 15.8. The molecule has 28 heavy (non-hydrogen) atoms. The Morgan fingerprint density at radius 3 is 2.50 bits per heavy atom. The van der Waals surface area contributed by atoms with E-state index in [-0.39, 0.29) is 36.1 Å². The summed E-state index contributed by atoms with van der Waals surface area (Å²) in [6.07, 6.45) is 2.59. The summed E-state index contributed by atoms with van der Waals surface area (Å²) >= 11 is 5.83. The minimum Gasteiger partial charge on any atom is -0.484 e. The molecule has 0 spiro atoms. The number of likely N-dealkylation sites (tertiary alicyclic amines) is 1. The quantitative estimate of drug-likeness (QED) is 0.737. The van der Waals surface area contributed by atoms with Gasteiger partial charge in [-0.3, -0.25) is 24.3 Å². The van der Waals surface area contributed by atoms with Gasteiger partial charge in [0.2, 0.25) is 0 Å². The van der Waals surface area contributed by atoms with Gasteiger partial charge in [-0.05, 0) is 49.2 Å². The van der Waals surface area contributed by atoms with Crippen molar-refractivity contribution < 1.29 is 19.1 Å². The molecule has 0 N–H and O–H groups in total. The molecule has 3 amide bonds. The molecule has 0 radical (unpaired) electrons. The molecule has 2 aromatic rings. The van der Waals surface area contributed by atoms with Crippen LogP contribution in [0, 0.1) is 0 Å². The van der Waals surface area contributed by atoms with Crippen LogP contribution in [-0.4, -0.2) is 58.2 Å². The normalized spacial score (nSPS) is 17.0. The van der Waals surface area contributed by atoms with Crippen LogP contribution in [0.2, 0.25) is 5.02 Å². The van der Waals surface area contributed by atoms with E-state index in [1.165, 1.54) is 11.1 Å². The van der Waals surface area contributed by atoms with Gasteiger partial charge in [0.1, 0.15) is 11.4 Å². The van der Waals surface area contributed by atoms with Crippen molar-refractivity contribution in [2.45, 2.75) is 18.9 Å². The van der Waals surface area contributed by atoms with Gasteiger partial charge in [-0.2, -0.15) is 0 Å². The Labute approximate surface area is 166 Å². The summed E-state index contributed by atoms with van der Waals surface area (Å²) in [6.45, 7) is 0.867. The van der Waals surface area contributed by atoms with Crippen LogP contribution in [0.3, 0.4) is 0 Å². The Bertz CT molecular complexity index is 888. The van der Waals surface area contributed by atoms with Gasteiger partial charge in [0, 0.05) is 30.4 Å². The number of benzene rings is 1. The van der Waals surface area contributed by atoms with Crippen molar-refractivity contribution in [2.75, 3.05) is 19.7 Å². The third-order valence-electron chi connectivity index (χ3n) is 5.04. The predicted octanol–water partition coefficient (Wildman–Crippen LogP) is 2.40. The first-order valence-electron chi connectivity index (χ1n) is 9.03. The molecule has 1 aromatic heterocycles. The van der Waals surface area contributed by atoms with E-state index in [2.05, 4.69) is 4.98 Å². The number of carbonyl (C=O) groups excluding carboxylic acids is 3. The Kier molecular flexibility index (Phi) is 5.00. The predicted molar refractivity (Wildman–Crippen MR) is 101 cm³/mol. The molecule has 0 bridgehead atoms. The number of fused-ring (bicyclic) bond motifs is 1. The second kappa shape index (κ2) is 7.59. The van der Waals surface area contributed by atoms with Crippen LogP contribution in [0.25, 0.3) is 0 Å². The second-order valence-electron chi connectivity index (χ2n) is 6.73. The summed E-state index contributed by atoms with van der Waals surface area (Å²) in [5.41, 5.74) is 0.560. The largest absolute Gasteiger partial charge is 0.484 e. The maximum absolute atomic E-state index is 12.6. The lowest BCUT2D eigenvalue weighted by Gasteiger charge is -2.35. The highest BCUT2D eigenvalue weighted by molar-refractivity contribution is 6.30. The Hall–Kier alpha value is -2.93. The number of ether oxygens (including phenoxy) is 1. The summed E-state index contributed by atoms with van der Waals surface area (Å²) in [6, 6.07) is 9.85. The molecule has 3 heterocycles. The van der Waals surface area contributed by atoms with Gasteiger partial charge in [0.05, 0.1) is 5.56 Å². The van der Waals surface area contributed by atoms with Gasteiger partial charge in [0.15, 0.2) is 6.61 Å². The average Bonchev–Trinajstić information content (AvgIpc) is 2.98. The van der Waals surface area contributed by atoms with E-state index < -0.39 is 0 Å². The second-order valence-corrected chi connectivity index (χ2v) is 7.17. The van der Waals surface area contributed by atoms with Gasteiger partial charge < -0.3 is 9.64 Å². The molecule has 1 saturated heterocycles. The molecule has 7 nitrogen and oxygen atoms in total. The number of pyridine rings is 1. The Morgan fingerprint density at radius 1 is 1.11 bits per heavy atom. The summed E-state index contributed by atoms with van der Waals surface area (Å²) in [5, 5.41) is 0.601. The molecule has 2 aliphatic rings. The molecule has 0 aliphatic carbocycles. The van der Waals surface area contributed by atoms with Crippen molar-refractivity contribution in [1.29, 1.82) is 0 Å². The molecule has 1 aromatic carbocycles. The summed E-state index contributed by atoms with van der Waals surface area (Å²) in [7, 11) is 0. The van der Waals surface area contributed by atoms with Crippen LogP contribution < -0.4 is 4.74 Å². The molecular formula is C20H18ClN3O4. The molecule has 4 rings (SSSR count). The van der Waals surface area contributed by atoms with E-state index >= 15 is 0 Å². The Balaban J connectivity index is 1.32. The summed E-state index contributed by atoms with van der Waals surface area (Å²) in [4.78, 5) is 44.5. The number of rotatable bonds is 4. The number of aromatic nitrogens is 1. The smallest absolute Gasteiger partial charge is 0.280 e. The van der Waals surface area contributed by atoms with Crippen molar-refractivity contribution in [2.24, 2.45) is 0 Å². The third kappa shape index (κ3) is 3.45. The minimum atomic E-state index is -0.351. The number of nitrogens with zero attached hydrogens (tertiary/aromatic N) is 3. The monoisotopic (exact) mass is 399 g/mol. The minimum absolute atomic E-state index is 0.0662. The number of halogens is 1. The van der Waals surface area contributed by atoms with Crippen molar-refractivity contribution >= 4 is 29.3 Å². The topological polar surface area (TPSA) is 79.8 Å². The van der Waals surface area contributed by atoms with Gasteiger partial charge in [0.25, 0.3) is 17.7 Å². The first kappa shape index (κ1) is 18.4. The van der Waals surface area contributed by atoms with E-state index in [0.29, 0.717) is 42.3 Å². The molecule has 2 aliphatic heterocycles. The molecule has 0 unspecified atom stereocenters. The lowest BCUT2D eigenvalue weighted by atomic mass is 10.0. The lowest BCUT2D eigenvalue weighted by Crippen LogP contribution is -2.49. The molecule has 0 saturated carbocycles. The first-order valence-corrected chi connectivity index (χ1v) is 9.41. The number of amides is 3. The summed E-state index contributed by atoms with van der Waals surface area (Å²) in [5.74, 6) is -0.205. The van der Waals surface area contributed by atoms with Crippen LogP contribution in [0.1, 0.15) is 33.7 Å². The fourth-order valence-electron chi connectivity index (χ4n) is 3.56. The molecule has 144 valence electrons. The number of imide groups is 1. The fourth-order valence-corrected chi connectivity index (χ4v) is 3.68. The fraction of sp³-hybridized carbons (Fsp3) is 0.300. The summed E-state index contributed by atoms with van der Waals surface area (Å²) < 4.78 is 5.50. The molecular weight excluding hydrogens is 382 g/mol. The van der Waals surface area contributed by atoms with Gasteiger partial charge in [-0.15, -0.1) is 0 Å². The van der Waals surface area contributed by atoms with Crippen molar-refractivity contribution in [3.8, 4) is 5.75 Å². The maximum atomic E-state index is 12.6. The highest BCUT2D eigenvalue weighted by Gasteiger charge is 2.42. The highest BCUT2D eigenvalue weighted by atomic mass is 35.5. The third-order valence-corrected chi connectivity index (χ3v) is 5.29. The van der Waals surface area contributed by atoms with Gasteiger partial charge in [-0.25, -0.2) is 0 Å². The molecule has 0 atom stereocenters. The van der Waals surface area contributed by atoms with Crippen LogP contribution in [0.15, 0.2) is 42.6 Å². The zero-order valence-electron chi connectivity index (χ0n) is 15.0.